The fourth-order valence-corrected chi connectivity index (χ4v) is 3.76. The molecule has 4 rings (SSSR count). The van der Waals surface area contributed by atoms with Crippen molar-refractivity contribution in [2.75, 3.05) is 13.2 Å². The number of oxazole rings is 1. The number of nitrogens with zero attached hydrogens (tertiary/aromatic N) is 2. The van der Waals surface area contributed by atoms with Crippen LogP contribution in [0.4, 0.5) is 0 Å². The van der Waals surface area contributed by atoms with E-state index in [1.54, 1.807) is 6.26 Å². The van der Waals surface area contributed by atoms with E-state index in [9.17, 15) is 4.79 Å². The highest BCUT2D eigenvalue weighted by Crippen LogP contribution is 2.29. The molecule has 1 saturated heterocycles. The highest BCUT2D eigenvalue weighted by Gasteiger charge is 2.36. The molecule has 126 valence electrons. The molecule has 1 aliphatic carbocycles. The van der Waals surface area contributed by atoms with Gasteiger partial charge in [-0.2, -0.15) is 0 Å². The number of hydrogen-bond donors (Lipinski definition) is 0. The number of ether oxygens (including phenoxy) is 1. The fraction of sp³-hybridized carbons (Fsp3) is 0.474. The van der Waals surface area contributed by atoms with Crippen LogP contribution in [0.5, 0.6) is 0 Å². The minimum Gasteiger partial charge on any atom is -0.444 e. The Morgan fingerprint density at radius 2 is 2.04 bits per heavy atom. The Labute approximate surface area is 141 Å². The quantitative estimate of drug-likeness (QED) is 0.870. The first kappa shape index (κ1) is 15.4. The predicted molar refractivity (Wildman–Crippen MR) is 89.4 cm³/mol. The van der Waals surface area contributed by atoms with Crippen LogP contribution in [0.1, 0.15) is 31.4 Å². The SMILES string of the molecule is O=C(Cc1coc(-c2ccccc2)n1)N1CCO[C@@H]2CCCC[C@@H]21. The first-order valence-corrected chi connectivity index (χ1v) is 8.72. The van der Waals surface area contributed by atoms with Crippen LogP contribution in [0.3, 0.4) is 0 Å². The lowest BCUT2D eigenvalue weighted by Gasteiger charge is -2.43. The van der Waals surface area contributed by atoms with E-state index in [0.717, 1.165) is 18.4 Å². The van der Waals surface area contributed by atoms with Gasteiger partial charge in [-0.05, 0) is 25.0 Å². The molecule has 5 heteroatoms. The Balaban J connectivity index is 1.45. The van der Waals surface area contributed by atoms with Crippen LogP contribution in [-0.2, 0) is 16.0 Å². The van der Waals surface area contributed by atoms with Crippen molar-refractivity contribution >= 4 is 5.91 Å². The van der Waals surface area contributed by atoms with Crippen molar-refractivity contribution in [3.05, 3.63) is 42.3 Å². The molecule has 2 fully saturated rings. The molecule has 1 aromatic carbocycles. The number of amides is 1. The van der Waals surface area contributed by atoms with Gasteiger partial charge in [-0.15, -0.1) is 0 Å². The lowest BCUT2D eigenvalue weighted by Crippen LogP contribution is -2.55. The minimum atomic E-state index is 0.128. The van der Waals surface area contributed by atoms with Gasteiger partial charge in [-0.25, -0.2) is 4.98 Å². The van der Waals surface area contributed by atoms with Gasteiger partial charge < -0.3 is 14.1 Å². The van der Waals surface area contributed by atoms with E-state index < -0.39 is 0 Å². The van der Waals surface area contributed by atoms with Crippen molar-refractivity contribution < 1.29 is 13.9 Å². The molecule has 1 aromatic heterocycles. The van der Waals surface area contributed by atoms with Crippen molar-refractivity contribution in [1.29, 1.82) is 0 Å². The molecular formula is C19H22N2O3. The van der Waals surface area contributed by atoms with Crippen LogP contribution in [0, 0.1) is 0 Å². The molecule has 1 amide bonds. The van der Waals surface area contributed by atoms with Crippen molar-refractivity contribution in [1.82, 2.24) is 9.88 Å². The molecule has 2 atom stereocenters. The molecule has 0 spiro atoms. The molecule has 5 nitrogen and oxygen atoms in total. The van der Waals surface area contributed by atoms with E-state index in [2.05, 4.69) is 4.98 Å². The second-order valence-electron chi connectivity index (χ2n) is 6.53. The van der Waals surface area contributed by atoms with Crippen LogP contribution in [-0.4, -0.2) is 41.1 Å². The molecule has 1 aliphatic heterocycles. The van der Waals surface area contributed by atoms with Gasteiger partial charge in [-0.1, -0.05) is 31.0 Å². The third kappa shape index (κ3) is 3.08. The summed E-state index contributed by atoms with van der Waals surface area (Å²) in [5.41, 5.74) is 1.62. The lowest BCUT2D eigenvalue weighted by atomic mass is 9.90. The van der Waals surface area contributed by atoms with Gasteiger partial charge in [0.15, 0.2) is 0 Å². The average Bonchev–Trinajstić information content (AvgIpc) is 3.10. The zero-order chi connectivity index (χ0) is 16.4. The van der Waals surface area contributed by atoms with Crippen molar-refractivity contribution in [2.24, 2.45) is 0 Å². The number of carbonyl (C=O) groups is 1. The number of rotatable bonds is 3. The van der Waals surface area contributed by atoms with E-state index in [4.69, 9.17) is 9.15 Å². The summed E-state index contributed by atoms with van der Waals surface area (Å²) in [5.74, 6) is 0.694. The van der Waals surface area contributed by atoms with Crippen LogP contribution >= 0.6 is 0 Å². The Morgan fingerprint density at radius 1 is 1.21 bits per heavy atom. The standard InChI is InChI=1S/C19H22N2O3/c22-18(21-10-11-23-17-9-5-4-8-16(17)21)12-15-13-24-19(20-15)14-6-2-1-3-7-14/h1-3,6-7,13,16-17H,4-5,8-12H2/t16-,17+/m0/s1. The summed E-state index contributed by atoms with van der Waals surface area (Å²) in [6, 6.07) is 9.98. The first-order chi connectivity index (χ1) is 11.8. The number of morpholine rings is 1. The monoisotopic (exact) mass is 326 g/mol. The van der Waals surface area contributed by atoms with Gasteiger partial charge in [0.05, 0.1) is 30.9 Å². The minimum absolute atomic E-state index is 0.128. The Bertz CT molecular complexity index is 696. The Hall–Kier alpha value is -2.14. The third-order valence-electron chi connectivity index (χ3n) is 4.96. The van der Waals surface area contributed by atoms with Gasteiger partial charge in [0.1, 0.15) is 6.26 Å². The molecule has 2 heterocycles. The van der Waals surface area contributed by atoms with Crippen molar-refractivity contribution in [2.45, 2.75) is 44.2 Å². The fourth-order valence-electron chi connectivity index (χ4n) is 3.76. The summed E-state index contributed by atoms with van der Waals surface area (Å²) in [6.07, 6.45) is 6.59. The number of aromatic nitrogens is 1. The first-order valence-electron chi connectivity index (χ1n) is 8.72. The maximum atomic E-state index is 12.8. The Kier molecular flexibility index (Phi) is 4.34. The summed E-state index contributed by atoms with van der Waals surface area (Å²) in [6.45, 7) is 1.32. The second kappa shape index (κ2) is 6.77. The van der Waals surface area contributed by atoms with E-state index >= 15 is 0 Å². The second-order valence-corrected chi connectivity index (χ2v) is 6.53. The lowest BCUT2D eigenvalue weighted by molar-refractivity contribution is -0.148. The molecule has 1 saturated carbocycles. The molecule has 2 aromatic rings. The van der Waals surface area contributed by atoms with Gasteiger partial charge >= 0.3 is 0 Å². The van der Waals surface area contributed by atoms with E-state index in [1.807, 2.05) is 35.2 Å². The van der Waals surface area contributed by atoms with E-state index in [1.165, 1.54) is 12.8 Å². The summed E-state index contributed by atoms with van der Waals surface area (Å²) in [5, 5.41) is 0. The largest absolute Gasteiger partial charge is 0.444 e. The summed E-state index contributed by atoms with van der Waals surface area (Å²) >= 11 is 0. The topological polar surface area (TPSA) is 55.6 Å². The van der Waals surface area contributed by atoms with Gasteiger partial charge in [-0.3, -0.25) is 4.79 Å². The normalized spacial score (nSPS) is 23.8. The maximum Gasteiger partial charge on any atom is 0.229 e. The van der Waals surface area contributed by atoms with Crippen molar-refractivity contribution in [3.8, 4) is 11.5 Å². The highest BCUT2D eigenvalue weighted by atomic mass is 16.5. The van der Waals surface area contributed by atoms with Gasteiger partial charge in [0.25, 0.3) is 0 Å². The number of carbonyl (C=O) groups excluding carboxylic acids is 1. The number of hydrogen-bond acceptors (Lipinski definition) is 4. The third-order valence-corrected chi connectivity index (χ3v) is 4.96. The summed E-state index contributed by atoms with van der Waals surface area (Å²) in [4.78, 5) is 19.2. The van der Waals surface area contributed by atoms with Crippen LogP contribution < -0.4 is 0 Å². The van der Waals surface area contributed by atoms with Crippen molar-refractivity contribution in [3.63, 3.8) is 0 Å². The van der Waals surface area contributed by atoms with Crippen LogP contribution in [0.2, 0.25) is 0 Å². The van der Waals surface area contributed by atoms with Gasteiger partial charge in [0, 0.05) is 12.1 Å². The van der Waals surface area contributed by atoms with E-state index in [0.29, 0.717) is 31.2 Å². The predicted octanol–water partition coefficient (Wildman–Crippen LogP) is 3.05. The highest BCUT2D eigenvalue weighted by molar-refractivity contribution is 5.79. The molecular weight excluding hydrogens is 304 g/mol. The average molecular weight is 326 g/mol. The molecule has 24 heavy (non-hydrogen) atoms. The zero-order valence-electron chi connectivity index (χ0n) is 13.7. The molecule has 2 aliphatic rings. The summed E-state index contributed by atoms with van der Waals surface area (Å²) < 4.78 is 11.4. The molecule has 0 N–H and O–H groups in total. The smallest absolute Gasteiger partial charge is 0.229 e. The Morgan fingerprint density at radius 3 is 2.92 bits per heavy atom. The molecule has 0 bridgehead atoms. The van der Waals surface area contributed by atoms with Crippen LogP contribution in [0.15, 0.2) is 41.0 Å². The summed E-state index contributed by atoms with van der Waals surface area (Å²) in [7, 11) is 0. The van der Waals surface area contributed by atoms with E-state index in [-0.39, 0.29) is 18.1 Å². The molecule has 0 unspecified atom stereocenters. The molecule has 0 radical (unpaired) electrons. The van der Waals surface area contributed by atoms with Gasteiger partial charge in [0.2, 0.25) is 11.8 Å². The number of fused-ring (bicyclic) bond motifs is 1. The zero-order valence-corrected chi connectivity index (χ0v) is 13.7. The number of benzene rings is 1. The maximum absolute atomic E-state index is 12.8. The van der Waals surface area contributed by atoms with Crippen LogP contribution in [0.25, 0.3) is 11.5 Å².